The second-order valence-corrected chi connectivity index (χ2v) is 4.88. The molecule has 17 heavy (non-hydrogen) atoms. The van der Waals surface area contributed by atoms with Crippen molar-refractivity contribution >= 4 is 0 Å². The van der Waals surface area contributed by atoms with E-state index in [0.717, 1.165) is 0 Å². The Labute approximate surface area is 98.8 Å². The van der Waals surface area contributed by atoms with Crippen LogP contribution in [0.5, 0.6) is 0 Å². The summed E-state index contributed by atoms with van der Waals surface area (Å²) in [6, 6.07) is 3.45. The van der Waals surface area contributed by atoms with Gasteiger partial charge in [0.2, 0.25) is 5.95 Å². The van der Waals surface area contributed by atoms with Crippen molar-refractivity contribution in [2.24, 2.45) is 0 Å². The molecule has 2 bridgehead atoms. The molecule has 4 nitrogen and oxygen atoms in total. The van der Waals surface area contributed by atoms with Gasteiger partial charge in [-0.15, -0.1) is 0 Å². The maximum atomic E-state index is 13.7. The number of fused-ring (bicyclic) bond motifs is 2. The van der Waals surface area contributed by atoms with Gasteiger partial charge in [-0.3, -0.25) is 0 Å². The van der Waals surface area contributed by atoms with E-state index in [0.29, 0.717) is 31.6 Å². The number of nitrogens with zero attached hydrogens (tertiary/aromatic N) is 1. The summed E-state index contributed by atoms with van der Waals surface area (Å²) >= 11 is 0. The van der Waals surface area contributed by atoms with Crippen LogP contribution >= 0.6 is 0 Å². The molecule has 3 rings (SSSR count). The summed E-state index contributed by atoms with van der Waals surface area (Å²) in [6.07, 6.45) is 2.32. The fourth-order valence-electron chi connectivity index (χ4n) is 2.87. The minimum absolute atomic E-state index is 0.0899. The van der Waals surface area contributed by atoms with Crippen molar-refractivity contribution in [1.29, 1.82) is 0 Å². The lowest BCUT2D eigenvalue weighted by atomic mass is 9.78. The third-order valence-corrected chi connectivity index (χ3v) is 3.54. The van der Waals surface area contributed by atoms with Crippen LogP contribution in [0.2, 0.25) is 0 Å². The second-order valence-electron chi connectivity index (χ2n) is 4.88. The van der Waals surface area contributed by atoms with Crippen LogP contribution in [0, 0.1) is 5.95 Å². The average molecular weight is 238 g/mol. The molecule has 2 saturated heterocycles. The molecule has 2 atom stereocenters. The zero-order valence-electron chi connectivity index (χ0n) is 9.40. The van der Waals surface area contributed by atoms with E-state index in [4.69, 9.17) is 4.74 Å². The van der Waals surface area contributed by atoms with Crippen LogP contribution in [0.3, 0.4) is 0 Å². The minimum atomic E-state index is -1.12. The first-order valence-corrected chi connectivity index (χ1v) is 5.84. The van der Waals surface area contributed by atoms with Crippen LogP contribution in [-0.4, -0.2) is 35.4 Å². The Balaban J connectivity index is 1.93. The Hall–Kier alpha value is -1.04. The predicted molar refractivity (Wildman–Crippen MR) is 58.9 cm³/mol. The van der Waals surface area contributed by atoms with Crippen molar-refractivity contribution in [3.8, 4) is 0 Å². The lowest BCUT2D eigenvalue weighted by Crippen LogP contribution is -2.58. The number of aliphatic hydroxyl groups is 1. The Morgan fingerprint density at radius 1 is 1.41 bits per heavy atom. The number of nitrogens with one attached hydrogen (secondary N) is 1. The number of pyridine rings is 1. The Kier molecular flexibility index (Phi) is 2.61. The van der Waals surface area contributed by atoms with Gasteiger partial charge in [-0.05, 0) is 18.9 Å². The zero-order chi connectivity index (χ0) is 11.9. The van der Waals surface area contributed by atoms with E-state index >= 15 is 0 Å². The van der Waals surface area contributed by atoms with Gasteiger partial charge in [0.25, 0.3) is 0 Å². The Bertz CT molecular complexity index is 415. The molecule has 2 fully saturated rings. The standard InChI is InChI=1S/C12H15FN2O2/c13-11-10(2-1-3-14-11)12(16)4-8-6-17-7-9(5-12)15-8/h1-3,8-9,15-16H,4-7H2. The normalized spacial score (nSPS) is 36.8. The summed E-state index contributed by atoms with van der Waals surface area (Å²) in [5.41, 5.74) is -0.818. The van der Waals surface area contributed by atoms with E-state index in [1.807, 2.05) is 0 Å². The second kappa shape index (κ2) is 4.01. The lowest BCUT2D eigenvalue weighted by Gasteiger charge is -2.45. The number of halogens is 1. The molecule has 0 saturated carbocycles. The molecule has 0 amide bonds. The quantitative estimate of drug-likeness (QED) is 0.702. The Morgan fingerprint density at radius 2 is 2.12 bits per heavy atom. The number of hydrogen-bond donors (Lipinski definition) is 2. The first-order valence-electron chi connectivity index (χ1n) is 5.84. The molecule has 2 aliphatic rings. The van der Waals surface area contributed by atoms with Crippen molar-refractivity contribution in [2.45, 2.75) is 30.5 Å². The van der Waals surface area contributed by atoms with Crippen LogP contribution in [0.1, 0.15) is 18.4 Å². The molecule has 2 aliphatic heterocycles. The predicted octanol–water partition coefficient (Wildman–Crippen LogP) is 0.559. The fraction of sp³-hybridized carbons (Fsp3) is 0.583. The van der Waals surface area contributed by atoms with Crippen molar-refractivity contribution in [2.75, 3.05) is 13.2 Å². The largest absolute Gasteiger partial charge is 0.385 e. The summed E-state index contributed by atoms with van der Waals surface area (Å²) in [4.78, 5) is 3.62. The summed E-state index contributed by atoms with van der Waals surface area (Å²) in [5.74, 6) is -0.573. The number of hydrogen-bond acceptors (Lipinski definition) is 4. The van der Waals surface area contributed by atoms with Crippen LogP contribution in [-0.2, 0) is 10.3 Å². The van der Waals surface area contributed by atoms with E-state index in [2.05, 4.69) is 10.3 Å². The molecule has 1 aromatic heterocycles. The molecule has 5 heteroatoms. The van der Waals surface area contributed by atoms with Gasteiger partial charge in [0.1, 0.15) is 0 Å². The smallest absolute Gasteiger partial charge is 0.218 e. The highest BCUT2D eigenvalue weighted by molar-refractivity contribution is 5.22. The summed E-state index contributed by atoms with van der Waals surface area (Å²) < 4.78 is 19.1. The number of rotatable bonds is 1. The van der Waals surface area contributed by atoms with E-state index in [9.17, 15) is 9.50 Å². The van der Waals surface area contributed by atoms with Gasteiger partial charge in [-0.25, -0.2) is 4.98 Å². The van der Waals surface area contributed by atoms with Crippen molar-refractivity contribution < 1.29 is 14.2 Å². The third kappa shape index (κ3) is 1.94. The Morgan fingerprint density at radius 3 is 2.76 bits per heavy atom. The molecule has 92 valence electrons. The topological polar surface area (TPSA) is 54.4 Å². The molecule has 0 radical (unpaired) electrons. The van der Waals surface area contributed by atoms with Gasteiger partial charge in [0.15, 0.2) is 0 Å². The average Bonchev–Trinajstić information content (AvgIpc) is 2.28. The fourth-order valence-corrected chi connectivity index (χ4v) is 2.87. The molecular weight excluding hydrogens is 223 g/mol. The highest BCUT2D eigenvalue weighted by Crippen LogP contribution is 2.37. The van der Waals surface area contributed by atoms with Crippen LogP contribution in [0.15, 0.2) is 18.3 Å². The van der Waals surface area contributed by atoms with Crippen molar-refractivity contribution in [1.82, 2.24) is 10.3 Å². The molecule has 0 aliphatic carbocycles. The van der Waals surface area contributed by atoms with E-state index in [1.165, 1.54) is 6.20 Å². The SMILES string of the molecule is OC1(c2cccnc2F)CC2COCC(C1)N2. The third-order valence-electron chi connectivity index (χ3n) is 3.54. The van der Waals surface area contributed by atoms with Gasteiger partial charge in [0.05, 0.1) is 18.8 Å². The molecular formula is C12H15FN2O2. The summed E-state index contributed by atoms with van der Waals surface area (Å²) in [5, 5.41) is 14.0. The van der Waals surface area contributed by atoms with Crippen LogP contribution in [0.4, 0.5) is 4.39 Å². The zero-order valence-corrected chi connectivity index (χ0v) is 9.40. The molecule has 3 heterocycles. The number of morpholine rings is 1. The van der Waals surface area contributed by atoms with Gasteiger partial charge in [0, 0.05) is 23.8 Å². The van der Waals surface area contributed by atoms with Crippen molar-refractivity contribution in [3.05, 3.63) is 29.8 Å². The maximum Gasteiger partial charge on any atom is 0.218 e. The van der Waals surface area contributed by atoms with E-state index in [1.54, 1.807) is 12.1 Å². The van der Waals surface area contributed by atoms with Gasteiger partial charge < -0.3 is 15.2 Å². The molecule has 1 aromatic rings. The van der Waals surface area contributed by atoms with Gasteiger partial charge in [-0.2, -0.15) is 4.39 Å². The minimum Gasteiger partial charge on any atom is -0.385 e. The van der Waals surface area contributed by atoms with Gasteiger partial charge in [-0.1, -0.05) is 6.07 Å². The molecule has 0 spiro atoms. The van der Waals surface area contributed by atoms with E-state index < -0.39 is 11.5 Å². The van der Waals surface area contributed by atoms with E-state index in [-0.39, 0.29) is 12.1 Å². The van der Waals surface area contributed by atoms with Crippen LogP contribution in [0.25, 0.3) is 0 Å². The number of ether oxygens (including phenoxy) is 1. The molecule has 0 aromatic carbocycles. The first-order chi connectivity index (χ1) is 8.17. The first kappa shape index (κ1) is 11.1. The lowest BCUT2D eigenvalue weighted by molar-refractivity contribution is -0.0820. The summed E-state index contributed by atoms with van der Waals surface area (Å²) in [7, 11) is 0. The maximum absolute atomic E-state index is 13.7. The van der Waals surface area contributed by atoms with Gasteiger partial charge >= 0.3 is 0 Å². The summed E-state index contributed by atoms with van der Waals surface area (Å²) in [6.45, 7) is 1.14. The number of aromatic nitrogens is 1. The molecule has 2 unspecified atom stereocenters. The van der Waals surface area contributed by atoms with Crippen LogP contribution < -0.4 is 5.32 Å². The number of piperidine rings is 1. The highest BCUT2D eigenvalue weighted by Gasteiger charge is 2.43. The molecule has 2 N–H and O–H groups in total. The highest BCUT2D eigenvalue weighted by atomic mass is 19.1. The van der Waals surface area contributed by atoms with Crippen molar-refractivity contribution in [3.63, 3.8) is 0 Å². The monoisotopic (exact) mass is 238 g/mol.